The normalized spacial score (nSPS) is 13.0. The number of aromatic hydroxyl groups is 1. The third-order valence-corrected chi connectivity index (χ3v) is 9.43. The van der Waals surface area contributed by atoms with Gasteiger partial charge in [0.1, 0.15) is 24.3 Å². The number of carbonyl (C=O) groups excluding carboxylic acids is 2. The Morgan fingerprint density at radius 3 is 1.84 bits per heavy atom. The average Bonchev–Trinajstić information content (AvgIpc) is 3.58. The minimum absolute atomic E-state index is 0.0335. The quantitative estimate of drug-likeness (QED) is 0.0889. The van der Waals surface area contributed by atoms with Gasteiger partial charge < -0.3 is 28.8 Å². The number of hydrogen-bond donors (Lipinski definition) is 1. The molecule has 2 aliphatic rings. The summed E-state index contributed by atoms with van der Waals surface area (Å²) in [6.07, 6.45) is 2.80. The highest BCUT2D eigenvalue weighted by Crippen LogP contribution is 2.36. The molecule has 0 unspecified atom stereocenters. The second-order valence-corrected chi connectivity index (χ2v) is 13.7. The van der Waals surface area contributed by atoms with E-state index >= 15 is 0 Å². The predicted molar refractivity (Wildman–Crippen MR) is 210 cm³/mol. The van der Waals surface area contributed by atoms with Crippen LogP contribution in [0, 0.1) is 6.92 Å². The first-order valence-corrected chi connectivity index (χ1v) is 19.3. The van der Waals surface area contributed by atoms with Gasteiger partial charge in [-0.3, -0.25) is 19.0 Å². The van der Waals surface area contributed by atoms with Gasteiger partial charge >= 0.3 is 11.6 Å². The van der Waals surface area contributed by atoms with Crippen molar-refractivity contribution < 1.29 is 38.4 Å². The lowest BCUT2D eigenvalue weighted by atomic mass is 10.1. The summed E-state index contributed by atoms with van der Waals surface area (Å²) in [5, 5.41) is 11.6. The molecule has 0 spiro atoms. The van der Waals surface area contributed by atoms with Gasteiger partial charge in [-0.25, -0.2) is 19.0 Å². The summed E-state index contributed by atoms with van der Waals surface area (Å²) < 4.78 is 31.3. The number of carbonyl (C=O) groups is 2. The Labute approximate surface area is 337 Å². The fourth-order valence-corrected chi connectivity index (χ4v) is 6.72. The number of rotatable bonds is 11. The second kappa shape index (κ2) is 21.4. The van der Waals surface area contributed by atoms with Crippen LogP contribution in [-0.4, -0.2) is 75.1 Å². The molecule has 0 saturated carbocycles. The van der Waals surface area contributed by atoms with E-state index in [-0.39, 0.29) is 53.8 Å². The van der Waals surface area contributed by atoms with E-state index in [2.05, 4.69) is 4.74 Å². The lowest BCUT2D eigenvalue weighted by molar-refractivity contribution is 0.0537. The van der Waals surface area contributed by atoms with Gasteiger partial charge in [-0.15, -0.1) is 0 Å². The largest absolute Gasteiger partial charge is 0.515 e. The van der Waals surface area contributed by atoms with Gasteiger partial charge in [0.2, 0.25) is 11.8 Å². The Balaban J connectivity index is 0.000000208. The van der Waals surface area contributed by atoms with Crippen molar-refractivity contribution in [2.75, 3.05) is 39.6 Å². The van der Waals surface area contributed by atoms with E-state index in [1.165, 1.54) is 0 Å². The molecular formula is C37H44Cl4N4O10. The highest BCUT2D eigenvalue weighted by Gasteiger charge is 2.28. The number of aryl methyl sites for hydroxylation is 1. The number of halogens is 4. The highest BCUT2D eigenvalue weighted by atomic mass is 35.5. The van der Waals surface area contributed by atoms with Crippen molar-refractivity contribution in [2.24, 2.45) is 0 Å². The van der Waals surface area contributed by atoms with E-state index in [1.54, 1.807) is 49.1 Å². The minimum atomic E-state index is -0.870. The van der Waals surface area contributed by atoms with Crippen LogP contribution in [0.5, 0.6) is 11.8 Å². The van der Waals surface area contributed by atoms with Crippen molar-refractivity contribution in [1.82, 2.24) is 18.7 Å². The molecule has 1 N–H and O–H groups in total. The summed E-state index contributed by atoms with van der Waals surface area (Å²) in [5.74, 6) is 0.140. The lowest BCUT2D eigenvalue weighted by Crippen LogP contribution is -2.27. The van der Waals surface area contributed by atoms with Crippen molar-refractivity contribution in [2.45, 2.75) is 72.6 Å². The smallest absolute Gasteiger partial charge is 0.493 e. The van der Waals surface area contributed by atoms with Crippen molar-refractivity contribution in [3.63, 3.8) is 0 Å². The number of fused-ring (bicyclic) bond motifs is 2. The van der Waals surface area contributed by atoms with Crippen molar-refractivity contribution in [3.05, 3.63) is 77.7 Å². The van der Waals surface area contributed by atoms with E-state index in [1.807, 2.05) is 26.8 Å². The molecule has 6 rings (SSSR count). The molecule has 0 amide bonds. The topological polar surface area (TPSA) is 154 Å². The Morgan fingerprint density at radius 2 is 1.25 bits per heavy atom. The Morgan fingerprint density at radius 1 is 0.691 bits per heavy atom. The molecule has 4 heterocycles. The maximum Gasteiger partial charge on any atom is 0.515 e. The predicted octanol–water partition coefficient (Wildman–Crippen LogP) is 8.15. The Hall–Kier alpha value is -3.92. The molecular weight excluding hydrogens is 802 g/mol. The van der Waals surface area contributed by atoms with Crippen LogP contribution in [0.1, 0.15) is 45.1 Å². The minimum Gasteiger partial charge on any atom is -0.493 e. The third-order valence-electron chi connectivity index (χ3n) is 8.45. The van der Waals surface area contributed by atoms with Gasteiger partial charge in [0.25, 0.3) is 11.1 Å². The zero-order chi connectivity index (χ0) is 40.1. The number of hydrogen-bond acceptors (Lipinski definition) is 10. The molecule has 2 aliphatic heterocycles. The van der Waals surface area contributed by atoms with Crippen LogP contribution in [0.2, 0.25) is 15.1 Å². The molecule has 0 aliphatic carbocycles. The van der Waals surface area contributed by atoms with Gasteiger partial charge in [-0.1, -0.05) is 46.9 Å². The second-order valence-electron chi connectivity index (χ2n) is 12.2. The fourth-order valence-electron chi connectivity index (χ4n) is 5.93. The Bertz CT molecular complexity index is 2060. The first kappa shape index (κ1) is 43.8. The summed E-state index contributed by atoms with van der Waals surface area (Å²) in [4.78, 5) is 47.4. The fraction of sp³-hybridized carbons (Fsp3) is 0.459. The van der Waals surface area contributed by atoms with E-state index in [4.69, 9.17) is 65.4 Å². The Kier molecular flexibility index (Phi) is 17.0. The van der Waals surface area contributed by atoms with Crippen molar-refractivity contribution >= 4 is 58.0 Å². The maximum atomic E-state index is 13.0. The van der Waals surface area contributed by atoms with Crippen LogP contribution in [0.4, 0.5) is 9.59 Å². The molecule has 0 atom stereocenters. The van der Waals surface area contributed by atoms with E-state index < -0.39 is 11.6 Å². The number of ether oxygens (including phenoxy) is 5. The van der Waals surface area contributed by atoms with Crippen LogP contribution < -0.4 is 15.9 Å². The molecule has 18 heteroatoms. The first-order chi connectivity index (χ1) is 26.4. The molecule has 4 aromatic rings. The zero-order valence-corrected chi connectivity index (χ0v) is 33.8. The van der Waals surface area contributed by atoms with Crippen LogP contribution in [0.15, 0.2) is 46.0 Å². The SMILES string of the molecule is CCOCCOC(=O)Cl.CCOCCOC(=O)Oc1c(-c2ccc(C)cc2Cl)c(=O)n2n1CCCC2.O=c1c(-c2cc(Cl)ccc2Cl)c(O)n2n1CCCC2. The third kappa shape index (κ3) is 11.6. The van der Waals surface area contributed by atoms with Crippen LogP contribution >= 0.6 is 46.4 Å². The van der Waals surface area contributed by atoms with Gasteiger partial charge in [-0.05, 0) is 76.3 Å². The lowest BCUT2D eigenvalue weighted by Gasteiger charge is -2.18. The van der Waals surface area contributed by atoms with Crippen LogP contribution in [-0.2, 0) is 45.1 Å². The molecule has 300 valence electrons. The molecule has 2 aromatic carbocycles. The van der Waals surface area contributed by atoms with Gasteiger partial charge in [0, 0.05) is 77.2 Å². The van der Waals surface area contributed by atoms with Crippen molar-refractivity contribution in [1.29, 1.82) is 0 Å². The van der Waals surface area contributed by atoms with Gasteiger partial charge in [0.05, 0.1) is 13.2 Å². The summed E-state index contributed by atoms with van der Waals surface area (Å²) in [7, 11) is 0. The monoisotopic (exact) mass is 844 g/mol. The molecule has 0 fully saturated rings. The summed E-state index contributed by atoms with van der Waals surface area (Å²) >= 11 is 23.3. The highest BCUT2D eigenvalue weighted by molar-refractivity contribution is 6.61. The molecule has 14 nitrogen and oxygen atoms in total. The van der Waals surface area contributed by atoms with Gasteiger partial charge in [-0.2, -0.15) is 0 Å². The molecule has 0 bridgehead atoms. The molecule has 55 heavy (non-hydrogen) atoms. The summed E-state index contributed by atoms with van der Waals surface area (Å²) in [5.41, 5.74) is 1.28. The van der Waals surface area contributed by atoms with Crippen LogP contribution in [0.25, 0.3) is 22.3 Å². The van der Waals surface area contributed by atoms with Crippen LogP contribution in [0.3, 0.4) is 0 Å². The maximum absolute atomic E-state index is 13.0. The van der Waals surface area contributed by atoms with Gasteiger partial charge in [0.15, 0.2) is 0 Å². The van der Waals surface area contributed by atoms with E-state index in [9.17, 15) is 24.3 Å². The summed E-state index contributed by atoms with van der Waals surface area (Å²) in [6, 6.07) is 10.3. The zero-order valence-electron chi connectivity index (χ0n) is 30.8. The number of benzene rings is 2. The molecule has 0 radical (unpaired) electrons. The van der Waals surface area contributed by atoms with E-state index in [0.29, 0.717) is 72.2 Å². The van der Waals surface area contributed by atoms with Crippen molar-refractivity contribution in [3.8, 4) is 34.0 Å². The molecule has 2 aromatic heterocycles. The number of nitrogens with zero attached hydrogens (tertiary/aromatic N) is 4. The average molecular weight is 847 g/mol. The first-order valence-electron chi connectivity index (χ1n) is 17.8. The van der Waals surface area contributed by atoms with E-state index in [0.717, 1.165) is 31.2 Å². The summed E-state index contributed by atoms with van der Waals surface area (Å²) in [6.45, 7) is 10.2. The molecule has 0 saturated heterocycles. The standard InChI is InChI=1S/C19H23ClN2O5.C13H12Cl2N2O2.C5H9ClO3/c1-3-25-10-11-26-19(24)27-18-16(14-7-6-13(2)12-15(14)20)17(23)21-8-4-5-9-22(18)21;14-8-3-4-10(15)9(7-8)11-12(18)16-5-1-2-6-17(16)13(11)19;1-2-8-3-4-9-5(6)7/h6-7,12H,3-5,8-11H2,1-2H3;3-4,7,18H,1-2,5-6H2;2-4H2,1H3. The number of aromatic nitrogens is 4.